The summed E-state index contributed by atoms with van der Waals surface area (Å²) in [7, 11) is 0. The fraction of sp³-hybridized carbons (Fsp3) is 0.800. The summed E-state index contributed by atoms with van der Waals surface area (Å²) in [5.74, 6) is 0. The Kier molecular flexibility index (Phi) is 4.80. The lowest BCUT2D eigenvalue weighted by Crippen LogP contribution is -2.25. The Morgan fingerprint density at radius 2 is 2.09 bits per heavy atom. The number of alkyl halides is 3. The van der Waals surface area contributed by atoms with Gasteiger partial charge in [-0.1, -0.05) is 0 Å². The molecule has 0 fully saturated rings. The molecule has 0 rings (SSSR count). The molecule has 0 aliphatic rings. The molecular weight excluding hydrogens is 163 g/mol. The lowest BCUT2D eigenvalue weighted by molar-refractivity contribution is -0.175. The number of halogens is 3. The molecule has 0 saturated heterocycles. The lowest BCUT2D eigenvalue weighted by Gasteiger charge is -2.06. The van der Waals surface area contributed by atoms with E-state index < -0.39 is 12.8 Å². The van der Waals surface area contributed by atoms with E-state index in [4.69, 9.17) is 0 Å². The highest BCUT2D eigenvalue weighted by Gasteiger charge is 2.27. The van der Waals surface area contributed by atoms with Crippen molar-refractivity contribution in [2.45, 2.75) is 6.18 Å². The number of nitrogens with one attached hydrogen (secondary N) is 1. The number of ether oxygens (including phenoxy) is 1. The first-order valence-electron chi connectivity index (χ1n) is 2.85. The van der Waals surface area contributed by atoms with E-state index in [9.17, 15) is 18.0 Å². The summed E-state index contributed by atoms with van der Waals surface area (Å²) in [6.45, 7) is -1.56. The van der Waals surface area contributed by atoms with Gasteiger partial charge >= 0.3 is 6.18 Å². The molecule has 6 heteroatoms. The minimum absolute atomic E-state index is 0.00213. The molecule has 0 radical (unpaired) electrons. The summed E-state index contributed by atoms with van der Waals surface area (Å²) >= 11 is 0. The average Bonchev–Trinajstić information content (AvgIpc) is 1.85. The van der Waals surface area contributed by atoms with E-state index in [1.165, 1.54) is 0 Å². The molecule has 0 heterocycles. The second-order valence-corrected chi connectivity index (χ2v) is 1.73. The van der Waals surface area contributed by atoms with E-state index in [0.717, 1.165) is 0 Å². The third-order valence-corrected chi connectivity index (χ3v) is 0.698. The average molecular weight is 171 g/mol. The van der Waals surface area contributed by atoms with Crippen LogP contribution < -0.4 is 5.32 Å². The molecule has 0 aromatic rings. The molecule has 0 bridgehead atoms. The highest BCUT2D eigenvalue weighted by molar-refractivity contribution is 5.51. The maximum Gasteiger partial charge on any atom is 0.411 e. The summed E-state index contributed by atoms with van der Waals surface area (Å²) in [5.41, 5.74) is 0. The van der Waals surface area contributed by atoms with Crippen molar-refractivity contribution in [1.82, 2.24) is 5.32 Å². The Balaban J connectivity index is 3.08. The molecule has 66 valence electrons. The molecule has 0 aliphatic heterocycles. The van der Waals surface area contributed by atoms with Gasteiger partial charge in [-0.05, 0) is 0 Å². The first-order chi connectivity index (χ1) is 5.06. The van der Waals surface area contributed by atoms with E-state index in [-0.39, 0.29) is 13.3 Å². The minimum Gasteiger partial charge on any atom is -0.357 e. The first-order valence-corrected chi connectivity index (χ1v) is 2.85. The number of carbonyl (C=O) groups excluding carboxylic acids is 1. The van der Waals surface area contributed by atoms with Gasteiger partial charge in [-0.2, -0.15) is 13.2 Å². The highest BCUT2D eigenvalue weighted by Crippen LogP contribution is 2.13. The topological polar surface area (TPSA) is 38.3 Å². The van der Waals surface area contributed by atoms with Crippen LogP contribution in [0.2, 0.25) is 0 Å². The molecule has 0 amide bonds. The number of carbonyl (C=O) groups is 1. The fourth-order valence-corrected chi connectivity index (χ4v) is 0.357. The van der Waals surface area contributed by atoms with E-state index >= 15 is 0 Å². The number of hydrogen-bond donors (Lipinski definition) is 1. The van der Waals surface area contributed by atoms with Crippen molar-refractivity contribution >= 4 is 6.29 Å². The zero-order chi connectivity index (χ0) is 8.74. The smallest absolute Gasteiger partial charge is 0.357 e. The monoisotopic (exact) mass is 171 g/mol. The van der Waals surface area contributed by atoms with Crippen LogP contribution in [-0.4, -0.2) is 32.3 Å². The van der Waals surface area contributed by atoms with Gasteiger partial charge in [0.1, 0.15) is 12.9 Å². The predicted molar refractivity (Wildman–Crippen MR) is 30.9 cm³/mol. The molecule has 1 N–H and O–H groups in total. The second kappa shape index (κ2) is 5.09. The molecular formula is C5H8F3NO2. The van der Waals surface area contributed by atoms with Gasteiger partial charge in [-0.25, -0.2) is 0 Å². The Hall–Kier alpha value is -0.620. The molecule has 0 saturated carbocycles. The summed E-state index contributed by atoms with van der Waals surface area (Å²) < 4.78 is 38.1. The van der Waals surface area contributed by atoms with Gasteiger partial charge < -0.3 is 9.53 Å². The molecule has 0 aromatic heterocycles. The normalized spacial score (nSPS) is 11.5. The minimum atomic E-state index is -4.30. The molecule has 0 spiro atoms. The van der Waals surface area contributed by atoms with Crippen LogP contribution in [0.4, 0.5) is 13.2 Å². The van der Waals surface area contributed by atoms with Crippen LogP contribution in [0.15, 0.2) is 0 Å². The van der Waals surface area contributed by atoms with Gasteiger partial charge in [0, 0.05) is 0 Å². The van der Waals surface area contributed by atoms with Gasteiger partial charge in [0.05, 0.1) is 13.3 Å². The zero-order valence-corrected chi connectivity index (χ0v) is 5.65. The summed E-state index contributed by atoms with van der Waals surface area (Å²) in [5, 5.41) is 2.32. The molecule has 11 heavy (non-hydrogen) atoms. The van der Waals surface area contributed by atoms with Crippen LogP contribution in [0, 0.1) is 0 Å². The Morgan fingerprint density at radius 3 is 2.55 bits per heavy atom. The van der Waals surface area contributed by atoms with E-state index in [0.29, 0.717) is 6.29 Å². The van der Waals surface area contributed by atoms with Crippen molar-refractivity contribution in [3.05, 3.63) is 0 Å². The zero-order valence-electron chi connectivity index (χ0n) is 5.65. The van der Waals surface area contributed by atoms with Gasteiger partial charge in [-0.3, -0.25) is 5.32 Å². The van der Waals surface area contributed by atoms with Crippen molar-refractivity contribution in [2.24, 2.45) is 0 Å². The third-order valence-electron chi connectivity index (χ3n) is 0.698. The second-order valence-electron chi connectivity index (χ2n) is 1.73. The summed E-state index contributed by atoms with van der Waals surface area (Å²) in [4.78, 5) is 9.62. The predicted octanol–water partition coefficient (Wildman–Crippen LogP) is 0.311. The van der Waals surface area contributed by atoms with Crippen molar-refractivity contribution in [1.29, 1.82) is 0 Å². The maximum absolute atomic E-state index is 11.3. The fourth-order valence-electron chi connectivity index (χ4n) is 0.357. The summed E-state index contributed by atoms with van der Waals surface area (Å²) in [6.07, 6.45) is -3.76. The van der Waals surface area contributed by atoms with Crippen molar-refractivity contribution in [3.63, 3.8) is 0 Å². The Labute approximate surface area is 61.5 Å². The first kappa shape index (κ1) is 10.4. The Morgan fingerprint density at radius 1 is 1.45 bits per heavy atom. The quantitative estimate of drug-likeness (QED) is 0.367. The standard InChI is InChI=1S/C5H8F3NO2/c6-5(7,8)3-11-4-9-1-2-10/h2,9H,1,3-4H2. The molecule has 0 aromatic carbocycles. The lowest BCUT2D eigenvalue weighted by atomic mass is 10.7. The molecule has 3 nitrogen and oxygen atoms in total. The highest BCUT2D eigenvalue weighted by atomic mass is 19.4. The Bertz CT molecular complexity index is 115. The largest absolute Gasteiger partial charge is 0.411 e. The van der Waals surface area contributed by atoms with E-state index in [2.05, 4.69) is 10.1 Å². The molecule has 0 aliphatic carbocycles. The van der Waals surface area contributed by atoms with Crippen LogP contribution in [0.5, 0.6) is 0 Å². The van der Waals surface area contributed by atoms with Crippen molar-refractivity contribution < 1.29 is 22.7 Å². The van der Waals surface area contributed by atoms with E-state index in [1.807, 2.05) is 0 Å². The van der Waals surface area contributed by atoms with Crippen LogP contribution in [0.3, 0.4) is 0 Å². The van der Waals surface area contributed by atoms with Crippen molar-refractivity contribution in [3.8, 4) is 0 Å². The van der Waals surface area contributed by atoms with Crippen molar-refractivity contribution in [2.75, 3.05) is 19.9 Å². The van der Waals surface area contributed by atoms with Crippen LogP contribution in [-0.2, 0) is 9.53 Å². The van der Waals surface area contributed by atoms with Gasteiger partial charge in [0.25, 0.3) is 0 Å². The van der Waals surface area contributed by atoms with E-state index in [1.54, 1.807) is 0 Å². The number of aldehydes is 1. The molecule has 0 unspecified atom stereocenters. The number of hydrogen-bond acceptors (Lipinski definition) is 3. The van der Waals surface area contributed by atoms with Crippen LogP contribution >= 0.6 is 0 Å². The van der Waals surface area contributed by atoms with Crippen LogP contribution in [0.1, 0.15) is 0 Å². The van der Waals surface area contributed by atoms with Gasteiger partial charge in [-0.15, -0.1) is 0 Å². The van der Waals surface area contributed by atoms with Crippen LogP contribution in [0.25, 0.3) is 0 Å². The van der Waals surface area contributed by atoms with Gasteiger partial charge in [0.15, 0.2) is 0 Å². The SMILES string of the molecule is O=CCNCOCC(F)(F)F. The maximum atomic E-state index is 11.3. The number of rotatable bonds is 5. The molecule has 0 atom stereocenters. The summed E-state index contributed by atoms with van der Waals surface area (Å²) in [6, 6.07) is 0. The van der Waals surface area contributed by atoms with Gasteiger partial charge in [0.2, 0.25) is 0 Å². The third kappa shape index (κ3) is 9.38.